The Kier molecular flexibility index (Phi) is 3.25. The fraction of sp³-hybridized carbons (Fsp3) is 0.333. The third-order valence-electron chi connectivity index (χ3n) is 1.49. The van der Waals surface area contributed by atoms with Gasteiger partial charge in [-0.3, -0.25) is 0 Å². The van der Waals surface area contributed by atoms with Gasteiger partial charge >= 0.3 is 6.18 Å². The third-order valence-corrected chi connectivity index (χ3v) is 2.11. The lowest BCUT2D eigenvalue weighted by molar-refractivity contribution is -0.137. The molecule has 0 saturated heterocycles. The first-order chi connectivity index (χ1) is 6.04. The van der Waals surface area contributed by atoms with E-state index in [1.165, 1.54) is 11.8 Å². The average molecular weight is 205 g/mol. The first-order valence-electron chi connectivity index (χ1n) is 3.60. The molecular formula is C9H8F3S. The lowest BCUT2D eigenvalue weighted by atomic mass is 10.1. The molecule has 0 aromatic heterocycles. The molecule has 0 unspecified atom stereocenters. The molecule has 13 heavy (non-hydrogen) atoms. The molecule has 0 aliphatic heterocycles. The summed E-state index contributed by atoms with van der Waals surface area (Å²) in [5, 5.41) is 0. The Bertz CT molecular complexity index is 280. The normalized spacial score (nSPS) is 11.7. The number of thioether (sulfide) groups is 1. The summed E-state index contributed by atoms with van der Waals surface area (Å²) < 4.78 is 36.5. The number of hydrogen-bond donors (Lipinski definition) is 0. The van der Waals surface area contributed by atoms with E-state index in [1.54, 1.807) is 6.07 Å². The van der Waals surface area contributed by atoms with Crippen LogP contribution in [0.4, 0.5) is 13.2 Å². The van der Waals surface area contributed by atoms with Crippen molar-refractivity contribution in [2.45, 2.75) is 11.9 Å². The Morgan fingerprint density at radius 3 is 2.62 bits per heavy atom. The highest BCUT2D eigenvalue weighted by atomic mass is 32.2. The molecule has 0 aliphatic carbocycles. The summed E-state index contributed by atoms with van der Waals surface area (Å²) in [7, 11) is 0. The summed E-state index contributed by atoms with van der Waals surface area (Å²) in [5.74, 6) is 0.584. The molecule has 1 aromatic carbocycles. The zero-order valence-corrected chi connectivity index (χ0v) is 7.80. The van der Waals surface area contributed by atoms with Crippen LogP contribution in [0.15, 0.2) is 18.2 Å². The van der Waals surface area contributed by atoms with E-state index in [0.29, 0.717) is 11.3 Å². The standard InChI is InChI=1S/C9H8F3S/c1-13-6-7-3-2-4-8(5-7)9(10,11)12/h3-5H,6H2,1H3. The topological polar surface area (TPSA) is 0 Å². The van der Waals surface area contributed by atoms with E-state index < -0.39 is 11.7 Å². The van der Waals surface area contributed by atoms with Gasteiger partial charge in [0.25, 0.3) is 0 Å². The van der Waals surface area contributed by atoms with Gasteiger partial charge in [0.15, 0.2) is 0 Å². The Hall–Kier alpha value is -0.640. The molecule has 0 N–H and O–H groups in total. The van der Waals surface area contributed by atoms with Crippen LogP contribution in [0.25, 0.3) is 0 Å². The lowest BCUT2D eigenvalue weighted by Crippen LogP contribution is -2.04. The van der Waals surface area contributed by atoms with Gasteiger partial charge in [-0.05, 0) is 30.0 Å². The molecule has 0 bridgehead atoms. The molecule has 0 atom stereocenters. The van der Waals surface area contributed by atoms with Crippen LogP contribution in [0.5, 0.6) is 0 Å². The van der Waals surface area contributed by atoms with Crippen molar-refractivity contribution in [1.82, 2.24) is 0 Å². The zero-order valence-electron chi connectivity index (χ0n) is 6.98. The molecule has 4 heteroatoms. The maximum atomic E-state index is 12.2. The van der Waals surface area contributed by atoms with Crippen LogP contribution in [0, 0.1) is 6.07 Å². The SMILES string of the molecule is CSCc1c[c]cc(C(F)(F)F)c1. The van der Waals surface area contributed by atoms with Gasteiger partial charge in [-0.15, -0.1) is 0 Å². The van der Waals surface area contributed by atoms with E-state index in [0.717, 1.165) is 12.1 Å². The van der Waals surface area contributed by atoms with Crippen LogP contribution < -0.4 is 0 Å². The molecule has 1 rings (SSSR count). The van der Waals surface area contributed by atoms with Crippen LogP contribution in [-0.4, -0.2) is 6.26 Å². The van der Waals surface area contributed by atoms with E-state index >= 15 is 0 Å². The highest BCUT2D eigenvalue weighted by molar-refractivity contribution is 7.97. The maximum absolute atomic E-state index is 12.2. The first-order valence-corrected chi connectivity index (χ1v) is 4.99. The molecule has 1 aromatic rings. The number of rotatable bonds is 2. The van der Waals surface area contributed by atoms with E-state index in [-0.39, 0.29) is 0 Å². The minimum atomic E-state index is -4.26. The summed E-state index contributed by atoms with van der Waals surface area (Å²) in [4.78, 5) is 0. The molecule has 0 heterocycles. The van der Waals surface area contributed by atoms with Crippen molar-refractivity contribution < 1.29 is 13.2 Å². The van der Waals surface area contributed by atoms with Gasteiger partial charge in [0.05, 0.1) is 5.56 Å². The summed E-state index contributed by atoms with van der Waals surface area (Å²) in [5.41, 5.74) is 0.0291. The van der Waals surface area contributed by atoms with E-state index in [4.69, 9.17) is 0 Å². The largest absolute Gasteiger partial charge is 0.416 e. The predicted octanol–water partition coefficient (Wildman–Crippen LogP) is 3.37. The molecule has 0 saturated carbocycles. The summed E-state index contributed by atoms with van der Waals surface area (Å²) in [6, 6.07) is 6.18. The predicted molar refractivity (Wildman–Crippen MR) is 47.5 cm³/mol. The van der Waals surface area contributed by atoms with Gasteiger partial charge in [-0.25, -0.2) is 0 Å². The van der Waals surface area contributed by atoms with E-state index in [9.17, 15) is 13.2 Å². The monoisotopic (exact) mass is 205 g/mol. The highest BCUT2D eigenvalue weighted by Gasteiger charge is 2.30. The Morgan fingerprint density at radius 2 is 2.08 bits per heavy atom. The number of halogens is 3. The van der Waals surface area contributed by atoms with Crippen LogP contribution >= 0.6 is 11.8 Å². The summed E-state index contributed by atoms with van der Waals surface area (Å²) >= 11 is 1.49. The molecule has 71 valence electrons. The molecule has 0 nitrogen and oxygen atoms in total. The highest BCUT2D eigenvalue weighted by Crippen LogP contribution is 2.29. The van der Waals surface area contributed by atoms with Crippen LogP contribution in [-0.2, 0) is 11.9 Å². The number of hydrogen-bond acceptors (Lipinski definition) is 1. The number of benzene rings is 1. The van der Waals surface area contributed by atoms with Crippen molar-refractivity contribution in [1.29, 1.82) is 0 Å². The van der Waals surface area contributed by atoms with Gasteiger partial charge in [0.1, 0.15) is 0 Å². The first kappa shape index (κ1) is 10.4. The van der Waals surface area contributed by atoms with Gasteiger partial charge in [0.2, 0.25) is 0 Å². The van der Waals surface area contributed by atoms with Gasteiger partial charge in [0, 0.05) is 5.75 Å². The van der Waals surface area contributed by atoms with E-state index in [1.807, 2.05) is 6.26 Å². The zero-order chi connectivity index (χ0) is 9.90. The van der Waals surface area contributed by atoms with Crippen molar-refractivity contribution in [2.75, 3.05) is 6.26 Å². The fourth-order valence-corrected chi connectivity index (χ4v) is 1.44. The quantitative estimate of drug-likeness (QED) is 0.713. The summed E-state index contributed by atoms with van der Waals surface area (Å²) in [6.07, 6.45) is -2.41. The molecular weight excluding hydrogens is 197 g/mol. The van der Waals surface area contributed by atoms with Crippen molar-refractivity contribution in [3.8, 4) is 0 Å². The second-order valence-electron chi connectivity index (χ2n) is 2.56. The Balaban J connectivity index is 2.92. The van der Waals surface area contributed by atoms with Gasteiger partial charge < -0.3 is 0 Å². The third kappa shape index (κ3) is 2.95. The average Bonchev–Trinajstić information content (AvgIpc) is 2.04. The van der Waals surface area contributed by atoms with Gasteiger partial charge in [-0.1, -0.05) is 6.07 Å². The van der Waals surface area contributed by atoms with Crippen molar-refractivity contribution in [3.63, 3.8) is 0 Å². The molecule has 0 amide bonds. The molecule has 0 spiro atoms. The summed E-state index contributed by atoms with van der Waals surface area (Å²) in [6.45, 7) is 0. The van der Waals surface area contributed by atoms with Crippen molar-refractivity contribution >= 4 is 11.8 Å². The molecule has 1 radical (unpaired) electrons. The second kappa shape index (κ2) is 4.05. The Morgan fingerprint density at radius 1 is 1.38 bits per heavy atom. The fourth-order valence-electron chi connectivity index (χ4n) is 0.935. The minimum Gasteiger partial charge on any atom is -0.166 e. The maximum Gasteiger partial charge on any atom is 0.416 e. The van der Waals surface area contributed by atoms with Crippen LogP contribution in [0.2, 0.25) is 0 Å². The van der Waals surface area contributed by atoms with Gasteiger partial charge in [-0.2, -0.15) is 24.9 Å². The van der Waals surface area contributed by atoms with Crippen LogP contribution in [0.3, 0.4) is 0 Å². The van der Waals surface area contributed by atoms with E-state index in [2.05, 4.69) is 6.07 Å². The second-order valence-corrected chi connectivity index (χ2v) is 3.43. The molecule has 0 aliphatic rings. The minimum absolute atomic E-state index is 0.584. The number of alkyl halides is 3. The smallest absolute Gasteiger partial charge is 0.166 e. The van der Waals surface area contributed by atoms with Crippen molar-refractivity contribution in [2.24, 2.45) is 0 Å². The Labute approximate surface area is 79.1 Å². The lowest BCUT2D eigenvalue weighted by Gasteiger charge is -2.07. The van der Waals surface area contributed by atoms with Crippen molar-refractivity contribution in [3.05, 3.63) is 35.4 Å². The van der Waals surface area contributed by atoms with Crippen LogP contribution in [0.1, 0.15) is 11.1 Å². The molecule has 0 fully saturated rings.